The monoisotopic (exact) mass is 585 g/mol. The minimum Gasteiger partial charge on any atom is -0.478 e. The molecule has 40 heavy (non-hydrogen) atoms. The van der Waals surface area contributed by atoms with Crippen molar-refractivity contribution in [2.24, 2.45) is 17.8 Å². The summed E-state index contributed by atoms with van der Waals surface area (Å²) in [6.07, 6.45) is -4.83. The lowest BCUT2D eigenvalue weighted by atomic mass is 9.91. The molecule has 0 spiro atoms. The number of halogens is 6. The van der Waals surface area contributed by atoms with Crippen molar-refractivity contribution in [2.75, 3.05) is 46.1 Å². The van der Waals surface area contributed by atoms with Gasteiger partial charge >= 0.3 is 24.3 Å². The number of carbonyl (C=O) groups is 2. The zero-order chi connectivity index (χ0) is 29.9. The summed E-state index contributed by atoms with van der Waals surface area (Å²) in [6, 6.07) is 5.57. The van der Waals surface area contributed by atoms with Crippen molar-refractivity contribution < 1.29 is 60.4 Å². The predicted octanol–water partition coefficient (Wildman–Crippen LogP) is 3.36. The molecule has 0 bridgehead atoms. The van der Waals surface area contributed by atoms with Gasteiger partial charge in [0.25, 0.3) is 0 Å². The Morgan fingerprint density at radius 1 is 1.07 bits per heavy atom. The number of hydrogen-bond acceptors (Lipinski definition) is 8. The van der Waals surface area contributed by atoms with Crippen LogP contribution in [-0.2, 0) is 19.1 Å². The van der Waals surface area contributed by atoms with Crippen molar-refractivity contribution >= 4 is 11.9 Å². The molecule has 3 saturated heterocycles. The summed E-state index contributed by atoms with van der Waals surface area (Å²) in [6.45, 7) is 6.77. The summed E-state index contributed by atoms with van der Waals surface area (Å²) in [5, 5.41) is 23.1. The van der Waals surface area contributed by atoms with Gasteiger partial charge in [-0.15, -0.1) is 0 Å². The standard InChI is InChI=1S/C20H27N3O3.2C2HF3O2/c21-9-16-1-2-20(22-10-16)25-8-5-17-14-26-19-13-23(12-18(17)19)11-15-3-6-24-7-4-15;2*3-2(4,5)1(6)7/h1-2,10,15,17-19H,3-8,11-14H2;2*(H,6,7)/t17-,18-,19-;;/m0../s1. The van der Waals surface area contributed by atoms with Crippen LogP contribution >= 0.6 is 0 Å². The van der Waals surface area contributed by atoms with Gasteiger partial charge in [-0.1, -0.05) is 0 Å². The van der Waals surface area contributed by atoms with Crippen molar-refractivity contribution in [1.82, 2.24) is 9.88 Å². The van der Waals surface area contributed by atoms with Crippen LogP contribution in [0.1, 0.15) is 24.8 Å². The molecular weight excluding hydrogens is 556 g/mol. The maximum Gasteiger partial charge on any atom is 0.490 e. The van der Waals surface area contributed by atoms with Gasteiger partial charge in [0.05, 0.1) is 24.9 Å². The van der Waals surface area contributed by atoms with Gasteiger partial charge in [0.15, 0.2) is 0 Å². The van der Waals surface area contributed by atoms with Crippen molar-refractivity contribution in [3.8, 4) is 11.9 Å². The topological polar surface area (TPSA) is 142 Å². The molecule has 3 aliphatic rings. The first kappa shape index (κ1) is 33.0. The second-order valence-electron chi connectivity index (χ2n) is 9.31. The van der Waals surface area contributed by atoms with E-state index >= 15 is 0 Å². The van der Waals surface area contributed by atoms with Crippen molar-refractivity contribution in [3.63, 3.8) is 0 Å². The minimum absolute atomic E-state index is 0.396. The molecule has 0 radical (unpaired) electrons. The molecule has 0 aromatic carbocycles. The Morgan fingerprint density at radius 2 is 1.68 bits per heavy atom. The van der Waals surface area contributed by atoms with Crippen LogP contribution in [0.25, 0.3) is 0 Å². The third-order valence-corrected chi connectivity index (χ3v) is 6.46. The van der Waals surface area contributed by atoms with Crippen LogP contribution in [0.4, 0.5) is 26.3 Å². The Morgan fingerprint density at radius 3 is 2.17 bits per heavy atom. The number of ether oxygens (including phenoxy) is 3. The maximum absolute atomic E-state index is 10.6. The molecule has 0 aliphatic carbocycles. The van der Waals surface area contributed by atoms with Crippen LogP contribution < -0.4 is 4.74 Å². The summed E-state index contributed by atoms with van der Waals surface area (Å²) in [5.74, 6) is -2.94. The molecule has 1 aromatic rings. The minimum atomic E-state index is -5.08. The molecule has 3 aliphatic heterocycles. The van der Waals surface area contributed by atoms with Gasteiger partial charge < -0.3 is 29.3 Å². The average molecular weight is 585 g/mol. The van der Waals surface area contributed by atoms with Gasteiger partial charge in [-0.2, -0.15) is 31.6 Å². The summed E-state index contributed by atoms with van der Waals surface area (Å²) in [4.78, 5) is 24.6. The highest BCUT2D eigenvalue weighted by molar-refractivity contribution is 5.73. The second-order valence-corrected chi connectivity index (χ2v) is 9.31. The molecule has 2 N–H and O–H groups in total. The molecular formula is C24H29F6N3O7. The molecule has 4 rings (SSSR count). The number of aromatic nitrogens is 1. The Hall–Kier alpha value is -3.16. The van der Waals surface area contributed by atoms with Crippen molar-refractivity contribution in [3.05, 3.63) is 23.9 Å². The van der Waals surface area contributed by atoms with Crippen LogP contribution in [0.5, 0.6) is 5.88 Å². The van der Waals surface area contributed by atoms with Gasteiger partial charge in [0.2, 0.25) is 5.88 Å². The molecule has 0 unspecified atom stereocenters. The highest BCUT2D eigenvalue weighted by atomic mass is 19.4. The fourth-order valence-corrected chi connectivity index (χ4v) is 4.47. The third-order valence-electron chi connectivity index (χ3n) is 6.46. The first-order chi connectivity index (χ1) is 18.7. The van der Waals surface area contributed by atoms with Gasteiger partial charge in [0.1, 0.15) is 6.07 Å². The number of nitrogens with zero attached hydrogens (tertiary/aromatic N) is 3. The number of aliphatic carboxylic acids is 2. The molecule has 1 aromatic heterocycles. The first-order valence-corrected chi connectivity index (χ1v) is 12.2. The Labute approximate surface area is 225 Å². The number of carboxylic acids is 2. The number of fused-ring (bicyclic) bond motifs is 1. The highest BCUT2D eigenvalue weighted by Gasteiger charge is 2.44. The van der Waals surface area contributed by atoms with E-state index in [1.807, 2.05) is 0 Å². The Kier molecular flexibility index (Phi) is 12.4. The van der Waals surface area contributed by atoms with Crippen LogP contribution in [-0.4, -0.2) is 96.6 Å². The van der Waals surface area contributed by atoms with Gasteiger partial charge in [-0.05, 0) is 37.2 Å². The van der Waals surface area contributed by atoms with Crippen LogP contribution in [0, 0.1) is 29.1 Å². The predicted molar refractivity (Wildman–Crippen MR) is 123 cm³/mol. The SMILES string of the molecule is N#Cc1ccc(OCC[C@H]2CO[C@H]3CN(CC4CCOCC4)C[C@@H]23)nc1.O=C(O)C(F)(F)F.O=C(O)C(F)(F)F. The lowest BCUT2D eigenvalue weighted by Gasteiger charge is -2.27. The quantitative estimate of drug-likeness (QED) is 0.477. The lowest BCUT2D eigenvalue weighted by molar-refractivity contribution is -0.193. The lowest BCUT2D eigenvalue weighted by Crippen LogP contribution is -2.32. The van der Waals surface area contributed by atoms with E-state index in [0.717, 1.165) is 45.2 Å². The largest absolute Gasteiger partial charge is 0.490 e. The Bertz CT molecular complexity index is 971. The number of carboxylic acid groups (broad SMARTS) is 2. The zero-order valence-electron chi connectivity index (χ0n) is 21.2. The fraction of sp³-hybridized carbons (Fsp3) is 0.667. The van der Waals surface area contributed by atoms with E-state index < -0.39 is 24.3 Å². The number of nitriles is 1. The van der Waals surface area contributed by atoms with Crippen molar-refractivity contribution in [1.29, 1.82) is 5.26 Å². The Balaban J connectivity index is 0.000000333. The van der Waals surface area contributed by atoms with E-state index in [4.69, 9.17) is 39.3 Å². The molecule has 0 amide bonds. The summed E-state index contributed by atoms with van der Waals surface area (Å²) in [7, 11) is 0. The fourth-order valence-electron chi connectivity index (χ4n) is 4.47. The molecule has 3 fully saturated rings. The molecule has 3 atom stereocenters. The maximum atomic E-state index is 10.6. The van der Waals surface area contributed by atoms with E-state index in [1.54, 1.807) is 18.3 Å². The van der Waals surface area contributed by atoms with Crippen LogP contribution in [0.2, 0.25) is 0 Å². The number of rotatable bonds is 6. The van der Waals surface area contributed by atoms with E-state index in [2.05, 4.69) is 16.0 Å². The molecule has 16 heteroatoms. The molecule has 10 nitrogen and oxygen atoms in total. The number of alkyl halides is 6. The van der Waals surface area contributed by atoms with E-state index in [-0.39, 0.29) is 0 Å². The van der Waals surface area contributed by atoms with Gasteiger partial charge in [-0.25, -0.2) is 14.6 Å². The molecule has 224 valence electrons. The van der Waals surface area contributed by atoms with Gasteiger partial charge in [-0.3, -0.25) is 0 Å². The number of pyridine rings is 1. The van der Waals surface area contributed by atoms with Gasteiger partial charge in [0, 0.05) is 51.0 Å². The highest BCUT2D eigenvalue weighted by Crippen LogP contribution is 2.36. The summed E-state index contributed by atoms with van der Waals surface area (Å²) < 4.78 is 80.8. The van der Waals surface area contributed by atoms with E-state index in [1.165, 1.54) is 19.4 Å². The van der Waals surface area contributed by atoms with Crippen LogP contribution in [0.3, 0.4) is 0 Å². The number of hydrogen-bond donors (Lipinski definition) is 2. The summed E-state index contributed by atoms with van der Waals surface area (Å²) >= 11 is 0. The van der Waals surface area contributed by atoms with E-state index in [0.29, 0.717) is 36.0 Å². The summed E-state index contributed by atoms with van der Waals surface area (Å²) in [5.41, 5.74) is 0.556. The smallest absolute Gasteiger partial charge is 0.478 e. The zero-order valence-corrected chi connectivity index (χ0v) is 21.2. The third kappa shape index (κ3) is 11.1. The van der Waals surface area contributed by atoms with Crippen molar-refractivity contribution in [2.45, 2.75) is 37.7 Å². The van der Waals surface area contributed by atoms with E-state index in [9.17, 15) is 26.3 Å². The molecule has 4 heterocycles. The average Bonchev–Trinajstić information content (AvgIpc) is 3.45. The van der Waals surface area contributed by atoms with Crippen LogP contribution in [0.15, 0.2) is 18.3 Å². The second kappa shape index (κ2) is 15.0. The first-order valence-electron chi connectivity index (χ1n) is 12.2. The normalized spacial score (nSPS) is 23.1. The molecule has 0 saturated carbocycles. The number of likely N-dealkylation sites (tertiary alicyclic amines) is 1.